The zero-order valence-electron chi connectivity index (χ0n) is 11.2. The Bertz CT molecular complexity index is 569. The molecule has 1 heterocycles. The SMILES string of the molecule is COc1cc(NCCCn2ccnc2)cc([N+](=O)[O-])c1. The lowest BCUT2D eigenvalue weighted by molar-refractivity contribution is -0.384. The number of nitrogens with one attached hydrogen (secondary N) is 1. The average molecular weight is 276 g/mol. The molecule has 0 unspecified atom stereocenters. The number of hydrogen-bond acceptors (Lipinski definition) is 5. The number of nitro groups is 1. The molecule has 0 aliphatic heterocycles. The number of imidazole rings is 1. The number of non-ortho nitro benzene ring substituents is 1. The van der Waals surface area contributed by atoms with E-state index in [0.29, 0.717) is 18.0 Å². The Balaban J connectivity index is 1.91. The molecule has 0 atom stereocenters. The summed E-state index contributed by atoms with van der Waals surface area (Å²) >= 11 is 0. The number of methoxy groups -OCH3 is 1. The number of ether oxygens (including phenoxy) is 1. The van der Waals surface area contributed by atoms with Gasteiger partial charge in [-0.05, 0) is 6.42 Å². The predicted molar refractivity (Wildman–Crippen MR) is 75.0 cm³/mol. The predicted octanol–water partition coefficient (Wildman–Crippen LogP) is 2.30. The minimum Gasteiger partial charge on any atom is -0.496 e. The Morgan fingerprint density at radius 3 is 2.95 bits per heavy atom. The van der Waals surface area contributed by atoms with Crippen LogP contribution in [0.2, 0.25) is 0 Å². The summed E-state index contributed by atoms with van der Waals surface area (Å²) in [6, 6.07) is 4.64. The van der Waals surface area contributed by atoms with Gasteiger partial charge in [0.2, 0.25) is 0 Å². The van der Waals surface area contributed by atoms with E-state index in [0.717, 1.165) is 13.0 Å². The van der Waals surface area contributed by atoms with Crippen LogP contribution in [-0.4, -0.2) is 28.1 Å². The molecular formula is C13H16N4O3. The Morgan fingerprint density at radius 2 is 2.30 bits per heavy atom. The number of nitro benzene ring substituents is 1. The molecule has 1 aromatic carbocycles. The molecule has 7 nitrogen and oxygen atoms in total. The normalized spacial score (nSPS) is 10.2. The van der Waals surface area contributed by atoms with Gasteiger partial charge in [0.05, 0.1) is 24.4 Å². The second-order valence-electron chi connectivity index (χ2n) is 4.26. The van der Waals surface area contributed by atoms with E-state index in [1.807, 2.05) is 10.8 Å². The monoisotopic (exact) mass is 276 g/mol. The quantitative estimate of drug-likeness (QED) is 0.476. The average Bonchev–Trinajstić information content (AvgIpc) is 2.96. The van der Waals surface area contributed by atoms with Gasteiger partial charge >= 0.3 is 0 Å². The number of hydrogen-bond donors (Lipinski definition) is 1. The molecule has 106 valence electrons. The molecule has 0 aliphatic carbocycles. The molecule has 0 spiro atoms. The van der Waals surface area contributed by atoms with Crippen molar-refractivity contribution in [3.05, 3.63) is 47.0 Å². The van der Waals surface area contributed by atoms with E-state index in [9.17, 15) is 10.1 Å². The minimum atomic E-state index is -0.431. The molecule has 2 aromatic rings. The molecule has 0 radical (unpaired) electrons. The van der Waals surface area contributed by atoms with E-state index in [2.05, 4.69) is 10.3 Å². The molecule has 0 amide bonds. The van der Waals surface area contributed by atoms with Gasteiger partial charge in [-0.2, -0.15) is 0 Å². The molecule has 0 bridgehead atoms. The van der Waals surface area contributed by atoms with Gasteiger partial charge in [-0.15, -0.1) is 0 Å². The molecule has 1 N–H and O–H groups in total. The van der Waals surface area contributed by atoms with E-state index < -0.39 is 4.92 Å². The van der Waals surface area contributed by atoms with E-state index in [1.54, 1.807) is 18.6 Å². The van der Waals surface area contributed by atoms with Crippen LogP contribution in [0.3, 0.4) is 0 Å². The maximum absolute atomic E-state index is 10.8. The van der Waals surface area contributed by atoms with Crippen LogP contribution >= 0.6 is 0 Å². The zero-order valence-corrected chi connectivity index (χ0v) is 11.2. The van der Waals surface area contributed by atoms with Crippen LogP contribution in [0.4, 0.5) is 11.4 Å². The summed E-state index contributed by atoms with van der Waals surface area (Å²) < 4.78 is 7.04. The lowest BCUT2D eigenvalue weighted by Crippen LogP contribution is -2.06. The highest BCUT2D eigenvalue weighted by Crippen LogP contribution is 2.25. The third-order valence-corrected chi connectivity index (χ3v) is 2.82. The summed E-state index contributed by atoms with van der Waals surface area (Å²) in [6.07, 6.45) is 6.28. The Labute approximate surface area is 116 Å². The van der Waals surface area contributed by atoms with Crippen molar-refractivity contribution in [2.24, 2.45) is 0 Å². The van der Waals surface area contributed by atoms with Gasteiger partial charge < -0.3 is 14.6 Å². The Kier molecular flexibility index (Phi) is 4.54. The van der Waals surface area contributed by atoms with Crippen LogP contribution in [0, 0.1) is 10.1 Å². The maximum Gasteiger partial charge on any atom is 0.275 e. The van der Waals surface area contributed by atoms with Crippen LogP contribution in [0.25, 0.3) is 0 Å². The molecule has 0 saturated carbocycles. The highest BCUT2D eigenvalue weighted by atomic mass is 16.6. The lowest BCUT2D eigenvalue weighted by atomic mass is 10.2. The molecule has 2 rings (SSSR count). The zero-order chi connectivity index (χ0) is 14.4. The van der Waals surface area contributed by atoms with Crippen LogP contribution in [0.5, 0.6) is 5.75 Å². The third kappa shape index (κ3) is 3.71. The van der Waals surface area contributed by atoms with Crippen molar-refractivity contribution >= 4 is 11.4 Å². The highest BCUT2D eigenvalue weighted by molar-refractivity contribution is 5.56. The number of aromatic nitrogens is 2. The van der Waals surface area contributed by atoms with E-state index in [1.165, 1.54) is 19.2 Å². The van der Waals surface area contributed by atoms with Gasteiger partial charge in [0.25, 0.3) is 5.69 Å². The van der Waals surface area contributed by atoms with Crippen molar-refractivity contribution in [2.75, 3.05) is 19.0 Å². The summed E-state index contributed by atoms with van der Waals surface area (Å²) in [5, 5.41) is 14.0. The number of aryl methyl sites for hydroxylation is 1. The van der Waals surface area contributed by atoms with Crippen LogP contribution in [-0.2, 0) is 6.54 Å². The fourth-order valence-corrected chi connectivity index (χ4v) is 1.82. The largest absolute Gasteiger partial charge is 0.496 e. The second kappa shape index (κ2) is 6.55. The van der Waals surface area contributed by atoms with Crippen molar-refractivity contribution < 1.29 is 9.66 Å². The summed E-state index contributed by atoms with van der Waals surface area (Å²) in [5.41, 5.74) is 0.697. The summed E-state index contributed by atoms with van der Waals surface area (Å²) in [6.45, 7) is 1.56. The number of anilines is 1. The van der Waals surface area contributed by atoms with Crippen molar-refractivity contribution in [1.29, 1.82) is 0 Å². The first-order valence-corrected chi connectivity index (χ1v) is 6.22. The minimum absolute atomic E-state index is 0.0152. The second-order valence-corrected chi connectivity index (χ2v) is 4.26. The molecule has 0 aliphatic rings. The Hall–Kier alpha value is -2.57. The fraction of sp³-hybridized carbons (Fsp3) is 0.308. The van der Waals surface area contributed by atoms with Crippen molar-refractivity contribution in [3.63, 3.8) is 0 Å². The first-order chi connectivity index (χ1) is 9.69. The maximum atomic E-state index is 10.8. The first kappa shape index (κ1) is 13.9. The van der Waals surface area contributed by atoms with Crippen molar-refractivity contribution in [1.82, 2.24) is 9.55 Å². The van der Waals surface area contributed by atoms with E-state index in [4.69, 9.17) is 4.74 Å². The summed E-state index contributed by atoms with van der Waals surface area (Å²) in [5.74, 6) is 0.469. The number of nitrogens with zero attached hydrogens (tertiary/aromatic N) is 3. The molecule has 0 fully saturated rings. The van der Waals surface area contributed by atoms with Gasteiger partial charge in [-0.3, -0.25) is 10.1 Å². The molecule has 7 heteroatoms. The Morgan fingerprint density at radius 1 is 1.45 bits per heavy atom. The van der Waals surface area contributed by atoms with Crippen LogP contribution in [0.1, 0.15) is 6.42 Å². The highest BCUT2D eigenvalue weighted by Gasteiger charge is 2.09. The van der Waals surface area contributed by atoms with Gasteiger partial charge in [-0.25, -0.2) is 4.98 Å². The van der Waals surface area contributed by atoms with E-state index >= 15 is 0 Å². The van der Waals surface area contributed by atoms with Gasteiger partial charge in [0.1, 0.15) is 5.75 Å². The van der Waals surface area contributed by atoms with Crippen molar-refractivity contribution in [3.8, 4) is 5.75 Å². The number of rotatable bonds is 7. The fourth-order valence-electron chi connectivity index (χ4n) is 1.82. The third-order valence-electron chi connectivity index (χ3n) is 2.82. The van der Waals surface area contributed by atoms with Crippen molar-refractivity contribution in [2.45, 2.75) is 13.0 Å². The van der Waals surface area contributed by atoms with Gasteiger partial charge in [0, 0.05) is 43.3 Å². The lowest BCUT2D eigenvalue weighted by Gasteiger charge is -2.08. The number of benzene rings is 1. The molecule has 0 saturated heterocycles. The smallest absolute Gasteiger partial charge is 0.275 e. The summed E-state index contributed by atoms with van der Waals surface area (Å²) in [7, 11) is 1.49. The molecule has 1 aromatic heterocycles. The van der Waals surface area contributed by atoms with Gasteiger partial charge in [-0.1, -0.05) is 0 Å². The molecule has 20 heavy (non-hydrogen) atoms. The van der Waals surface area contributed by atoms with Gasteiger partial charge in [0.15, 0.2) is 0 Å². The van der Waals surface area contributed by atoms with E-state index in [-0.39, 0.29) is 5.69 Å². The first-order valence-electron chi connectivity index (χ1n) is 6.22. The summed E-state index contributed by atoms with van der Waals surface area (Å²) in [4.78, 5) is 14.4. The molecular weight excluding hydrogens is 260 g/mol. The van der Waals surface area contributed by atoms with Crippen LogP contribution in [0.15, 0.2) is 36.9 Å². The topological polar surface area (TPSA) is 82.2 Å². The standard InChI is InChI=1S/C13H16N4O3/c1-20-13-8-11(7-12(9-13)17(18)19)15-3-2-5-16-6-4-14-10-16/h4,6-10,15H,2-3,5H2,1H3. The van der Waals surface area contributed by atoms with Crippen LogP contribution < -0.4 is 10.1 Å².